The minimum Gasteiger partial charge on any atom is -0.344 e. The summed E-state index contributed by atoms with van der Waals surface area (Å²) in [5, 5.41) is 2.81. The molecular formula is C6H12N2O. The fourth-order valence-corrected chi connectivity index (χ4v) is 0.544. The van der Waals surface area contributed by atoms with Crippen LogP contribution >= 0.6 is 0 Å². The number of nitrogens with zero attached hydrogens (tertiary/aromatic N) is 1. The van der Waals surface area contributed by atoms with Crippen LogP contribution in [0.25, 0.3) is 0 Å². The van der Waals surface area contributed by atoms with E-state index in [1.54, 1.807) is 0 Å². The molecule has 0 aliphatic carbocycles. The van der Waals surface area contributed by atoms with Gasteiger partial charge < -0.3 is 4.84 Å². The average Bonchev–Trinajstić information content (AvgIpc) is 1.82. The Labute approximate surface area is 55.2 Å². The van der Waals surface area contributed by atoms with Crippen LogP contribution in [0.15, 0.2) is 17.1 Å². The third-order valence-electron chi connectivity index (χ3n) is 1.00. The van der Waals surface area contributed by atoms with E-state index in [0.717, 1.165) is 5.76 Å². The number of allylic oxidation sites excluding steroid dienone is 2. The fourth-order valence-electron chi connectivity index (χ4n) is 0.544. The first-order valence-electron chi connectivity index (χ1n) is 2.92. The van der Waals surface area contributed by atoms with Gasteiger partial charge in [0.25, 0.3) is 0 Å². The maximum Gasteiger partial charge on any atom is 0.135 e. The zero-order valence-electron chi connectivity index (χ0n) is 6.01. The number of rotatable bonds is 3. The lowest BCUT2D eigenvalue weighted by molar-refractivity contribution is 0.167. The molecule has 0 aliphatic heterocycles. The van der Waals surface area contributed by atoms with E-state index in [9.17, 15) is 0 Å². The second-order valence-corrected chi connectivity index (χ2v) is 2.03. The normalized spacial score (nSPS) is 11.8. The van der Waals surface area contributed by atoms with Crippen molar-refractivity contribution in [3.05, 3.63) is 11.8 Å². The highest BCUT2D eigenvalue weighted by molar-refractivity contribution is 4.92. The van der Waals surface area contributed by atoms with E-state index in [0.29, 0.717) is 5.92 Å². The summed E-state index contributed by atoms with van der Waals surface area (Å²) in [4.78, 5) is 4.61. The van der Waals surface area contributed by atoms with Gasteiger partial charge in [0.1, 0.15) is 5.76 Å². The van der Waals surface area contributed by atoms with Crippen molar-refractivity contribution in [3.8, 4) is 0 Å². The first-order chi connectivity index (χ1) is 4.22. The lowest BCUT2D eigenvalue weighted by Gasteiger charge is -2.04. The Morgan fingerprint density at radius 3 is 2.33 bits per heavy atom. The van der Waals surface area contributed by atoms with Crippen molar-refractivity contribution in [2.75, 3.05) is 0 Å². The number of hydrogen-bond acceptors (Lipinski definition) is 3. The molecule has 0 amide bonds. The van der Waals surface area contributed by atoms with Crippen molar-refractivity contribution in [1.29, 1.82) is 5.53 Å². The molecule has 0 aromatic rings. The van der Waals surface area contributed by atoms with Gasteiger partial charge in [-0.3, -0.25) is 0 Å². The van der Waals surface area contributed by atoms with Crippen LogP contribution in [0, 0.1) is 11.4 Å². The van der Waals surface area contributed by atoms with Crippen molar-refractivity contribution in [3.63, 3.8) is 0 Å². The van der Waals surface area contributed by atoms with E-state index in [1.807, 2.05) is 26.8 Å². The summed E-state index contributed by atoms with van der Waals surface area (Å²) in [7, 11) is 0. The van der Waals surface area contributed by atoms with E-state index < -0.39 is 0 Å². The molecule has 0 atom stereocenters. The Hall–Kier alpha value is -0.860. The molecule has 3 nitrogen and oxygen atoms in total. The molecule has 0 saturated heterocycles. The molecule has 52 valence electrons. The molecule has 9 heavy (non-hydrogen) atoms. The second-order valence-electron chi connectivity index (χ2n) is 2.03. The van der Waals surface area contributed by atoms with Crippen molar-refractivity contribution in [1.82, 2.24) is 0 Å². The van der Waals surface area contributed by atoms with Gasteiger partial charge in [-0.1, -0.05) is 13.8 Å². The Kier molecular flexibility index (Phi) is 3.67. The minimum atomic E-state index is 0.309. The van der Waals surface area contributed by atoms with Crippen molar-refractivity contribution >= 4 is 0 Å². The lowest BCUT2D eigenvalue weighted by atomic mass is 10.2. The lowest BCUT2D eigenvalue weighted by Crippen LogP contribution is -1.93. The molecule has 0 radical (unpaired) electrons. The maximum atomic E-state index is 6.39. The molecule has 0 aliphatic rings. The molecule has 0 fully saturated rings. The van der Waals surface area contributed by atoms with Crippen molar-refractivity contribution in [2.24, 2.45) is 11.2 Å². The van der Waals surface area contributed by atoms with E-state index >= 15 is 0 Å². The first-order valence-corrected chi connectivity index (χ1v) is 2.92. The summed E-state index contributed by atoms with van der Waals surface area (Å²) < 4.78 is 0. The predicted molar refractivity (Wildman–Crippen MR) is 34.8 cm³/mol. The summed E-state index contributed by atoms with van der Waals surface area (Å²) in [6.45, 7) is 5.83. The standard InChI is InChI=1S/C6H12N2O/c1-4-6(5(2)3)9-8-7/h4-5,7H,1-3H3/b6-4-,8-7?. The summed E-state index contributed by atoms with van der Waals surface area (Å²) in [5.41, 5.74) is 6.39. The highest BCUT2D eigenvalue weighted by atomic mass is 16.6. The topological polar surface area (TPSA) is 45.4 Å². The highest BCUT2D eigenvalue weighted by Gasteiger charge is 2.01. The summed E-state index contributed by atoms with van der Waals surface area (Å²) in [5.74, 6) is 1.05. The summed E-state index contributed by atoms with van der Waals surface area (Å²) in [6, 6.07) is 0. The Balaban J connectivity index is 3.84. The van der Waals surface area contributed by atoms with Gasteiger partial charge in [0.2, 0.25) is 0 Å². The van der Waals surface area contributed by atoms with Crippen LogP contribution in [0.3, 0.4) is 0 Å². The second kappa shape index (κ2) is 4.06. The third kappa shape index (κ3) is 2.85. The van der Waals surface area contributed by atoms with Crippen LogP contribution in [0.2, 0.25) is 0 Å². The van der Waals surface area contributed by atoms with Crippen LogP contribution in [0.5, 0.6) is 0 Å². The van der Waals surface area contributed by atoms with Crippen LogP contribution in [-0.2, 0) is 4.84 Å². The number of nitrogens with one attached hydrogen (secondary N) is 1. The van der Waals surface area contributed by atoms with Gasteiger partial charge in [0, 0.05) is 11.2 Å². The van der Waals surface area contributed by atoms with Crippen LogP contribution < -0.4 is 0 Å². The van der Waals surface area contributed by atoms with E-state index in [4.69, 9.17) is 5.53 Å². The van der Waals surface area contributed by atoms with E-state index in [2.05, 4.69) is 10.1 Å². The fraction of sp³-hybridized carbons (Fsp3) is 0.667. The zero-order valence-corrected chi connectivity index (χ0v) is 6.01. The third-order valence-corrected chi connectivity index (χ3v) is 1.00. The Morgan fingerprint density at radius 1 is 1.67 bits per heavy atom. The molecule has 0 heterocycles. The molecule has 0 bridgehead atoms. The average molecular weight is 128 g/mol. The maximum absolute atomic E-state index is 6.39. The predicted octanol–water partition coefficient (Wildman–Crippen LogP) is 2.51. The van der Waals surface area contributed by atoms with E-state index in [1.165, 1.54) is 0 Å². The Morgan fingerprint density at radius 2 is 2.22 bits per heavy atom. The summed E-state index contributed by atoms with van der Waals surface area (Å²) >= 11 is 0. The molecule has 0 aromatic carbocycles. The van der Waals surface area contributed by atoms with Gasteiger partial charge in [0.05, 0.1) is 0 Å². The smallest absolute Gasteiger partial charge is 0.135 e. The van der Waals surface area contributed by atoms with Gasteiger partial charge in [0.15, 0.2) is 0 Å². The number of hydrogen-bond donors (Lipinski definition) is 1. The molecule has 0 aromatic heterocycles. The minimum absolute atomic E-state index is 0.309. The molecule has 1 N–H and O–H groups in total. The quantitative estimate of drug-likeness (QED) is 0.354. The van der Waals surface area contributed by atoms with Gasteiger partial charge in [-0.05, 0) is 13.0 Å². The molecule has 0 spiro atoms. The van der Waals surface area contributed by atoms with Gasteiger partial charge in [-0.15, -0.1) is 0 Å². The van der Waals surface area contributed by atoms with Gasteiger partial charge in [-0.25, -0.2) is 0 Å². The van der Waals surface area contributed by atoms with Crippen molar-refractivity contribution < 1.29 is 4.84 Å². The first kappa shape index (κ1) is 8.14. The zero-order chi connectivity index (χ0) is 7.28. The van der Waals surface area contributed by atoms with Gasteiger partial charge >= 0.3 is 0 Å². The monoisotopic (exact) mass is 128 g/mol. The van der Waals surface area contributed by atoms with E-state index in [-0.39, 0.29) is 0 Å². The SMILES string of the molecule is C/C=C(\ON=N)C(C)C. The molecule has 0 unspecified atom stereocenters. The Bertz CT molecular complexity index is 118. The molecular weight excluding hydrogens is 116 g/mol. The van der Waals surface area contributed by atoms with Crippen LogP contribution in [0.1, 0.15) is 20.8 Å². The van der Waals surface area contributed by atoms with Crippen LogP contribution in [-0.4, -0.2) is 0 Å². The molecule has 0 rings (SSSR count). The van der Waals surface area contributed by atoms with Crippen LogP contribution in [0.4, 0.5) is 0 Å². The van der Waals surface area contributed by atoms with Gasteiger partial charge in [-0.2, -0.15) is 5.53 Å². The van der Waals surface area contributed by atoms with Crippen molar-refractivity contribution in [2.45, 2.75) is 20.8 Å². The molecule has 0 saturated carbocycles. The molecule has 3 heteroatoms. The summed E-state index contributed by atoms with van der Waals surface area (Å²) in [6.07, 6.45) is 1.81. The highest BCUT2D eigenvalue weighted by Crippen LogP contribution is 2.09. The largest absolute Gasteiger partial charge is 0.344 e.